The molecule has 1 aromatic rings. The highest BCUT2D eigenvalue weighted by atomic mass is 16.1. The van der Waals surface area contributed by atoms with Crippen LogP contribution in [0.2, 0.25) is 0 Å². The minimum absolute atomic E-state index is 0.0449. The van der Waals surface area contributed by atoms with Gasteiger partial charge in [-0.15, -0.1) is 0 Å². The first-order chi connectivity index (χ1) is 9.13. The molecule has 0 radical (unpaired) electrons. The average Bonchev–Trinajstić information content (AvgIpc) is 2.81. The normalized spacial score (nSPS) is 26.8. The van der Waals surface area contributed by atoms with Crippen molar-refractivity contribution in [2.75, 3.05) is 24.5 Å². The molecule has 2 saturated heterocycles. The Labute approximate surface area is 113 Å². The molecular weight excluding hydrogens is 240 g/mol. The van der Waals surface area contributed by atoms with Gasteiger partial charge in [0, 0.05) is 31.1 Å². The molecule has 5 nitrogen and oxygen atoms in total. The molecule has 0 bridgehead atoms. The lowest BCUT2D eigenvalue weighted by atomic mass is 9.94. The molecule has 3 heterocycles. The minimum atomic E-state index is -0.0449. The average molecular weight is 262 g/mol. The van der Waals surface area contributed by atoms with Gasteiger partial charge in [-0.1, -0.05) is 13.8 Å². The fourth-order valence-corrected chi connectivity index (χ4v) is 3.13. The van der Waals surface area contributed by atoms with Gasteiger partial charge in [0.1, 0.15) is 11.6 Å². The van der Waals surface area contributed by atoms with Crippen LogP contribution in [0.5, 0.6) is 0 Å². The Morgan fingerprint density at radius 2 is 2.26 bits per heavy atom. The quantitative estimate of drug-likeness (QED) is 0.837. The Hall–Kier alpha value is -1.36. The second-order valence-corrected chi connectivity index (χ2v) is 6.01. The summed E-state index contributed by atoms with van der Waals surface area (Å²) in [5, 5.41) is 3.58. The van der Waals surface area contributed by atoms with Crippen LogP contribution >= 0.6 is 0 Å². The fraction of sp³-hybridized carbons (Fsp3) is 0.714. The standard InChI is InChI=1S/C14H22N4O/c1-9(2)14-16-12(6-13(19)17-14)18-7-10-4-3-5-15-11(10)8-18/h6,9-11,15H,3-5,7-8H2,1-2H3,(H,16,17,19)/t10-,11+/m0/s1. The Bertz CT molecular complexity index is 496. The van der Waals surface area contributed by atoms with E-state index in [1.807, 2.05) is 13.8 Å². The van der Waals surface area contributed by atoms with Gasteiger partial charge in [0.25, 0.3) is 5.56 Å². The van der Waals surface area contributed by atoms with Crippen molar-refractivity contribution in [1.29, 1.82) is 0 Å². The van der Waals surface area contributed by atoms with Crippen LogP contribution in [-0.4, -0.2) is 35.6 Å². The number of aromatic nitrogens is 2. The number of nitrogens with one attached hydrogen (secondary N) is 2. The molecule has 0 amide bonds. The topological polar surface area (TPSA) is 61.0 Å². The van der Waals surface area contributed by atoms with Crippen LogP contribution in [0.25, 0.3) is 0 Å². The number of H-pyrrole nitrogens is 1. The molecule has 2 aliphatic heterocycles. The third kappa shape index (κ3) is 2.52. The molecule has 1 aromatic heterocycles. The zero-order chi connectivity index (χ0) is 13.4. The van der Waals surface area contributed by atoms with E-state index in [9.17, 15) is 4.79 Å². The number of rotatable bonds is 2. The molecule has 3 rings (SSSR count). The van der Waals surface area contributed by atoms with E-state index in [4.69, 9.17) is 0 Å². The summed E-state index contributed by atoms with van der Waals surface area (Å²) in [4.78, 5) is 21.4. The Kier molecular flexibility index (Phi) is 3.31. The van der Waals surface area contributed by atoms with Crippen molar-refractivity contribution in [1.82, 2.24) is 15.3 Å². The third-order valence-corrected chi connectivity index (χ3v) is 4.22. The molecule has 0 aliphatic carbocycles. The van der Waals surface area contributed by atoms with E-state index in [0.29, 0.717) is 12.0 Å². The van der Waals surface area contributed by atoms with Gasteiger partial charge in [-0.25, -0.2) is 4.98 Å². The molecule has 0 unspecified atom stereocenters. The maximum absolute atomic E-state index is 11.7. The highest BCUT2D eigenvalue weighted by molar-refractivity contribution is 5.40. The van der Waals surface area contributed by atoms with Crippen LogP contribution in [-0.2, 0) is 0 Å². The van der Waals surface area contributed by atoms with Crippen molar-refractivity contribution in [3.8, 4) is 0 Å². The summed E-state index contributed by atoms with van der Waals surface area (Å²) in [6, 6.07) is 2.20. The zero-order valence-corrected chi connectivity index (χ0v) is 11.6. The molecule has 104 valence electrons. The molecule has 0 aromatic carbocycles. The monoisotopic (exact) mass is 262 g/mol. The summed E-state index contributed by atoms with van der Waals surface area (Å²) in [7, 11) is 0. The molecule has 2 N–H and O–H groups in total. The SMILES string of the molecule is CC(C)c1nc(N2C[C@@H]3CCCN[C@@H]3C2)cc(=O)[nH]1. The van der Waals surface area contributed by atoms with E-state index < -0.39 is 0 Å². The second kappa shape index (κ2) is 4.96. The Morgan fingerprint density at radius 1 is 1.42 bits per heavy atom. The van der Waals surface area contributed by atoms with Crippen molar-refractivity contribution in [3.63, 3.8) is 0 Å². The van der Waals surface area contributed by atoms with Crippen molar-refractivity contribution >= 4 is 5.82 Å². The van der Waals surface area contributed by atoms with Gasteiger partial charge < -0.3 is 15.2 Å². The van der Waals surface area contributed by atoms with E-state index >= 15 is 0 Å². The first-order valence-corrected chi connectivity index (χ1v) is 7.23. The van der Waals surface area contributed by atoms with Crippen LogP contribution in [0, 0.1) is 5.92 Å². The van der Waals surface area contributed by atoms with E-state index in [1.54, 1.807) is 6.07 Å². The van der Waals surface area contributed by atoms with Gasteiger partial charge in [-0.05, 0) is 25.3 Å². The summed E-state index contributed by atoms with van der Waals surface area (Å²) in [5.74, 6) is 2.57. The van der Waals surface area contributed by atoms with Gasteiger partial charge in [0.15, 0.2) is 0 Å². The highest BCUT2D eigenvalue weighted by Crippen LogP contribution is 2.27. The van der Waals surface area contributed by atoms with Gasteiger partial charge in [0.2, 0.25) is 0 Å². The van der Waals surface area contributed by atoms with Gasteiger partial charge in [-0.2, -0.15) is 0 Å². The lowest BCUT2D eigenvalue weighted by Crippen LogP contribution is -2.40. The fourth-order valence-electron chi connectivity index (χ4n) is 3.13. The smallest absolute Gasteiger partial charge is 0.252 e. The predicted molar refractivity (Wildman–Crippen MR) is 75.7 cm³/mol. The van der Waals surface area contributed by atoms with Gasteiger partial charge in [0.05, 0.1) is 0 Å². The molecule has 0 saturated carbocycles. The van der Waals surface area contributed by atoms with E-state index in [2.05, 4.69) is 20.2 Å². The third-order valence-electron chi connectivity index (χ3n) is 4.22. The van der Waals surface area contributed by atoms with E-state index in [-0.39, 0.29) is 11.5 Å². The minimum Gasteiger partial charge on any atom is -0.354 e. The van der Waals surface area contributed by atoms with Crippen molar-refractivity contribution in [2.45, 2.75) is 38.6 Å². The van der Waals surface area contributed by atoms with Gasteiger partial charge >= 0.3 is 0 Å². The highest BCUT2D eigenvalue weighted by Gasteiger charge is 2.34. The number of nitrogens with zero attached hydrogens (tertiary/aromatic N) is 2. The maximum atomic E-state index is 11.7. The summed E-state index contributed by atoms with van der Waals surface area (Å²) < 4.78 is 0. The molecule has 2 aliphatic rings. The van der Waals surface area contributed by atoms with Crippen LogP contribution in [0.15, 0.2) is 10.9 Å². The largest absolute Gasteiger partial charge is 0.354 e. The molecule has 19 heavy (non-hydrogen) atoms. The van der Waals surface area contributed by atoms with Crippen molar-refractivity contribution < 1.29 is 0 Å². The van der Waals surface area contributed by atoms with Crippen LogP contribution < -0.4 is 15.8 Å². The number of hydrogen-bond acceptors (Lipinski definition) is 4. The molecule has 0 spiro atoms. The maximum Gasteiger partial charge on any atom is 0.252 e. The Balaban J connectivity index is 1.84. The Morgan fingerprint density at radius 3 is 3.00 bits per heavy atom. The summed E-state index contributed by atoms with van der Waals surface area (Å²) in [5.41, 5.74) is -0.0449. The lowest BCUT2D eigenvalue weighted by Gasteiger charge is -2.24. The number of piperidine rings is 1. The van der Waals surface area contributed by atoms with Crippen LogP contribution in [0.3, 0.4) is 0 Å². The number of anilines is 1. The summed E-state index contributed by atoms with van der Waals surface area (Å²) in [6.45, 7) is 7.21. The summed E-state index contributed by atoms with van der Waals surface area (Å²) in [6.07, 6.45) is 2.55. The summed E-state index contributed by atoms with van der Waals surface area (Å²) >= 11 is 0. The first-order valence-electron chi connectivity index (χ1n) is 7.23. The first kappa shape index (κ1) is 12.7. The van der Waals surface area contributed by atoms with E-state index in [0.717, 1.165) is 31.3 Å². The lowest BCUT2D eigenvalue weighted by molar-refractivity contribution is 0.340. The van der Waals surface area contributed by atoms with Crippen molar-refractivity contribution in [3.05, 3.63) is 22.2 Å². The molecule has 5 heteroatoms. The molecule has 2 atom stereocenters. The van der Waals surface area contributed by atoms with E-state index in [1.165, 1.54) is 12.8 Å². The molecule has 2 fully saturated rings. The molecular formula is C14H22N4O. The number of hydrogen-bond donors (Lipinski definition) is 2. The van der Waals surface area contributed by atoms with Gasteiger partial charge in [-0.3, -0.25) is 4.79 Å². The number of fused-ring (bicyclic) bond motifs is 1. The van der Waals surface area contributed by atoms with Crippen LogP contribution in [0.1, 0.15) is 38.4 Å². The van der Waals surface area contributed by atoms with Crippen molar-refractivity contribution in [2.24, 2.45) is 5.92 Å². The zero-order valence-electron chi connectivity index (χ0n) is 11.6. The second-order valence-electron chi connectivity index (χ2n) is 6.01. The van der Waals surface area contributed by atoms with Crippen LogP contribution in [0.4, 0.5) is 5.82 Å². The predicted octanol–water partition coefficient (Wildman–Crippen LogP) is 1.08. The number of aromatic amines is 1.